The lowest BCUT2D eigenvalue weighted by Gasteiger charge is -2.20. The van der Waals surface area contributed by atoms with Gasteiger partial charge >= 0.3 is 0 Å². The first-order chi connectivity index (χ1) is 10.1. The topological polar surface area (TPSA) is 41.6 Å². The largest absolute Gasteiger partial charge is 0.496 e. The minimum absolute atomic E-state index is 0.270. The Morgan fingerprint density at radius 2 is 2.05 bits per heavy atom. The number of carbonyl (C=O) groups is 1. The summed E-state index contributed by atoms with van der Waals surface area (Å²) in [4.78, 5) is 14.3. The molecule has 1 heterocycles. The Morgan fingerprint density at radius 3 is 2.81 bits per heavy atom. The van der Waals surface area contributed by atoms with Crippen molar-refractivity contribution in [2.75, 3.05) is 33.3 Å². The molecule has 1 N–H and O–H groups in total. The van der Waals surface area contributed by atoms with E-state index in [1.165, 1.54) is 16.7 Å². The van der Waals surface area contributed by atoms with Gasteiger partial charge < -0.3 is 15.0 Å². The highest BCUT2D eigenvalue weighted by atomic mass is 16.5. The third-order valence-electron chi connectivity index (χ3n) is 4.37. The highest BCUT2D eigenvalue weighted by Crippen LogP contribution is 2.24. The molecule has 21 heavy (non-hydrogen) atoms. The van der Waals surface area contributed by atoms with Gasteiger partial charge in [0.15, 0.2) is 0 Å². The molecule has 116 valence electrons. The lowest BCUT2D eigenvalue weighted by molar-refractivity contribution is -0.130. The first kappa shape index (κ1) is 15.8. The van der Waals surface area contributed by atoms with Crippen molar-refractivity contribution in [1.29, 1.82) is 0 Å². The summed E-state index contributed by atoms with van der Waals surface area (Å²) in [6, 6.07) is 4.08. The van der Waals surface area contributed by atoms with Crippen LogP contribution in [0.1, 0.15) is 29.5 Å². The van der Waals surface area contributed by atoms with E-state index in [4.69, 9.17) is 4.74 Å². The first-order valence-electron chi connectivity index (χ1n) is 7.75. The number of rotatable bonds is 4. The van der Waals surface area contributed by atoms with Crippen molar-refractivity contribution in [3.05, 3.63) is 28.8 Å². The molecule has 0 unspecified atom stereocenters. The predicted molar refractivity (Wildman–Crippen MR) is 84.9 cm³/mol. The van der Waals surface area contributed by atoms with Crippen LogP contribution in [-0.2, 0) is 11.2 Å². The lowest BCUT2D eigenvalue weighted by atomic mass is 9.98. The first-order valence-corrected chi connectivity index (χ1v) is 7.75. The van der Waals surface area contributed by atoms with Crippen LogP contribution in [0.4, 0.5) is 0 Å². The fourth-order valence-corrected chi connectivity index (χ4v) is 2.84. The molecule has 0 saturated carbocycles. The van der Waals surface area contributed by atoms with Gasteiger partial charge in [0.25, 0.3) is 0 Å². The number of benzene rings is 1. The van der Waals surface area contributed by atoms with Crippen LogP contribution < -0.4 is 10.1 Å². The van der Waals surface area contributed by atoms with Crippen LogP contribution in [0.2, 0.25) is 0 Å². The van der Waals surface area contributed by atoms with E-state index in [0.717, 1.165) is 44.8 Å². The average molecular weight is 290 g/mol. The summed E-state index contributed by atoms with van der Waals surface area (Å²) >= 11 is 0. The molecular weight excluding hydrogens is 264 g/mol. The van der Waals surface area contributed by atoms with Gasteiger partial charge in [-0.25, -0.2) is 0 Å². The third kappa shape index (κ3) is 3.97. The maximum atomic E-state index is 12.3. The predicted octanol–water partition coefficient (Wildman–Crippen LogP) is 2.07. The summed E-state index contributed by atoms with van der Waals surface area (Å²) in [5.41, 5.74) is 3.65. The Kier molecular flexibility index (Phi) is 5.62. The number of methoxy groups -OCH3 is 1. The van der Waals surface area contributed by atoms with Gasteiger partial charge in [-0.15, -0.1) is 0 Å². The maximum Gasteiger partial charge on any atom is 0.222 e. The minimum Gasteiger partial charge on any atom is -0.496 e. The lowest BCUT2D eigenvalue weighted by Crippen LogP contribution is -2.34. The van der Waals surface area contributed by atoms with E-state index in [9.17, 15) is 4.79 Å². The second kappa shape index (κ2) is 7.46. The molecule has 1 amide bonds. The number of hydrogen-bond donors (Lipinski definition) is 1. The second-order valence-corrected chi connectivity index (χ2v) is 5.66. The summed E-state index contributed by atoms with van der Waals surface area (Å²) in [6.07, 6.45) is 2.44. The van der Waals surface area contributed by atoms with Crippen molar-refractivity contribution in [2.45, 2.75) is 33.1 Å². The number of ether oxygens (including phenoxy) is 1. The molecule has 4 nitrogen and oxygen atoms in total. The van der Waals surface area contributed by atoms with Gasteiger partial charge in [0, 0.05) is 26.1 Å². The van der Waals surface area contributed by atoms with Gasteiger partial charge in [-0.05, 0) is 56.0 Å². The zero-order chi connectivity index (χ0) is 15.2. The Balaban J connectivity index is 1.96. The van der Waals surface area contributed by atoms with E-state index >= 15 is 0 Å². The fraction of sp³-hybridized carbons (Fsp3) is 0.588. The molecule has 4 heteroatoms. The quantitative estimate of drug-likeness (QED) is 0.923. The number of hydrogen-bond acceptors (Lipinski definition) is 3. The van der Waals surface area contributed by atoms with E-state index in [0.29, 0.717) is 6.42 Å². The summed E-state index contributed by atoms with van der Waals surface area (Å²) < 4.78 is 5.33. The van der Waals surface area contributed by atoms with Crippen LogP contribution in [0.5, 0.6) is 5.75 Å². The molecule has 0 radical (unpaired) electrons. The molecule has 0 bridgehead atoms. The van der Waals surface area contributed by atoms with Crippen molar-refractivity contribution >= 4 is 5.91 Å². The maximum absolute atomic E-state index is 12.3. The Morgan fingerprint density at radius 1 is 1.24 bits per heavy atom. The average Bonchev–Trinajstić information content (AvgIpc) is 2.77. The van der Waals surface area contributed by atoms with E-state index in [1.807, 2.05) is 11.0 Å². The van der Waals surface area contributed by atoms with Crippen molar-refractivity contribution in [2.24, 2.45) is 0 Å². The number of nitrogens with zero attached hydrogens (tertiary/aromatic N) is 1. The minimum atomic E-state index is 0.270. The highest BCUT2D eigenvalue weighted by Gasteiger charge is 2.16. The van der Waals surface area contributed by atoms with Gasteiger partial charge in [-0.1, -0.05) is 6.07 Å². The smallest absolute Gasteiger partial charge is 0.222 e. The second-order valence-electron chi connectivity index (χ2n) is 5.66. The van der Waals surface area contributed by atoms with E-state index in [2.05, 4.69) is 25.2 Å². The van der Waals surface area contributed by atoms with Crippen LogP contribution in [0.25, 0.3) is 0 Å². The van der Waals surface area contributed by atoms with Crippen LogP contribution in [0.3, 0.4) is 0 Å². The molecule has 1 fully saturated rings. The van der Waals surface area contributed by atoms with Crippen molar-refractivity contribution in [3.63, 3.8) is 0 Å². The molecule has 1 aliphatic rings. The SMILES string of the molecule is COc1ccc(CCC(=O)N2CCCNCC2)c(C)c1C. The summed E-state index contributed by atoms with van der Waals surface area (Å²) in [5, 5.41) is 3.33. The Labute approximate surface area is 127 Å². The van der Waals surface area contributed by atoms with E-state index < -0.39 is 0 Å². The molecular formula is C17H26N2O2. The summed E-state index contributed by atoms with van der Waals surface area (Å²) in [5.74, 6) is 1.19. The molecule has 0 aliphatic carbocycles. The van der Waals surface area contributed by atoms with Crippen LogP contribution >= 0.6 is 0 Å². The highest BCUT2D eigenvalue weighted by molar-refractivity contribution is 5.76. The van der Waals surface area contributed by atoms with Crippen molar-refractivity contribution in [1.82, 2.24) is 10.2 Å². The normalized spacial score (nSPS) is 15.7. The molecule has 0 atom stereocenters. The van der Waals surface area contributed by atoms with Crippen LogP contribution in [0, 0.1) is 13.8 Å². The molecule has 1 aromatic carbocycles. The van der Waals surface area contributed by atoms with Crippen molar-refractivity contribution < 1.29 is 9.53 Å². The summed E-state index contributed by atoms with van der Waals surface area (Å²) in [6.45, 7) is 7.81. The van der Waals surface area contributed by atoms with E-state index in [1.54, 1.807) is 7.11 Å². The van der Waals surface area contributed by atoms with Crippen molar-refractivity contribution in [3.8, 4) is 5.75 Å². The van der Waals surface area contributed by atoms with Gasteiger partial charge in [-0.2, -0.15) is 0 Å². The number of nitrogens with one attached hydrogen (secondary N) is 1. The molecule has 0 spiro atoms. The third-order valence-corrected chi connectivity index (χ3v) is 4.37. The zero-order valence-electron chi connectivity index (χ0n) is 13.4. The van der Waals surface area contributed by atoms with Gasteiger partial charge in [0.2, 0.25) is 5.91 Å². The van der Waals surface area contributed by atoms with Gasteiger partial charge in [0.05, 0.1) is 7.11 Å². The molecule has 1 aromatic rings. The molecule has 0 aromatic heterocycles. The van der Waals surface area contributed by atoms with Gasteiger partial charge in [-0.3, -0.25) is 4.79 Å². The zero-order valence-corrected chi connectivity index (χ0v) is 13.4. The molecule has 2 rings (SSSR count). The van der Waals surface area contributed by atoms with Gasteiger partial charge in [0.1, 0.15) is 5.75 Å². The van der Waals surface area contributed by atoms with E-state index in [-0.39, 0.29) is 5.91 Å². The van der Waals surface area contributed by atoms with Crippen LogP contribution in [0.15, 0.2) is 12.1 Å². The number of carbonyl (C=O) groups excluding carboxylic acids is 1. The summed E-state index contributed by atoms with van der Waals surface area (Å²) in [7, 11) is 1.69. The standard InChI is InChI=1S/C17H26N2O2/c1-13-14(2)16(21-3)7-5-15(13)6-8-17(20)19-11-4-9-18-10-12-19/h5,7,18H,4,6,8-12H2,1-3H3. The number of amides is 1. The Hall–Kier alpha value is -1.55. The van der Waals surface area contributed by atoms with Crippen LogP contribution in [-0.4, -0.2) is 44.1 Å². The molecule has 1 aliphatic heterocycles. The monoisotopic (exact) mass is 290 g/mol. The Bertz CT molecular complexity index is 492. The number of aryl methyl sites for hydroxylation is 1. The molecule has 1 saturated heterocycles. The fourth-order valence-electron chi connectivity index (χ4n) is 2.84.